The number of halogens is 1. The number of aliphatic imine (C=N–C) groups is 1. The average molecular weight is 570 g/mol. The largest absolute Gasteiger partial charge is 0.356 e. The van der Waals surface area contributed by atoms with Crippen molar-refractivity contribution in [2.24, 2.45) is 4.99 Å². The Morgan fingerprint density at radius 3 is 2.38 bits per heavy atom. The van der Waals surface area contributed by atoms with E-state index < -0.39 is 9.84 Å². The van der Waals surface area contributed by atoms with Gasteiger partial charge in [-0.15, -0.1) is 24.0 Å². The molecule has 9 heteroatoms. The second-order valence-corrected chi connectivity index (χ2v) is 9.78. The standard InChI is InChI=1S/C23H30N4O3S.HI/c1-24-23(25-14-6-16-31(29,30)18-20-7-3-2-4-8-20)26-17-19-10-12-21(13-11-19)27-15-5-9-22(27)28;/h2-4,7-8,10-13H,5-6,9,14-18H2,1H3,(H2,24,25,26);1H. The molecule has 32 heavy (non-hydrogen) atoms. The quantitative estimate of drug-likeness (QED) is 0.209. The molecule has 174 valence electrons. The van der Waals surface area contributed by atoms with Crippen LogP contribution in [-0.4, -0.2) is 46.2 Å². The molecule has 1 saturated heterocycles. The summed E-state index contributed by atoms with van der Waals surface area (Å²) in [4.78, 5) is 17.9. The van der Waals surface area contributed by atoms with Gasteiger partial charge in [-0.1, -0.05) is 42.5 Å². The van der Waals surface area contributed by atoms with Crippen LogP contribution in [0.2, 0.25) is 0 Å². The fourth-order valence-corrected chi connectivity index (χ4v) is 4.95. The molecule has 7 nitrogen and oxygen atoms in total. The molecule has 0 atom stereocenters. The van der Waals surface area contributed by atoms with E-state index in [4.69, 9.17) is 0 Å². The van der Waals surface area contributed by atoms with Gasteiger partial charge in [0.05, 0.1) is 11.5 Å². The topological polar surface area (TPSA) is 90.9 Å². The molecule has 1 fully saturated rings. The van der Waals surface area contributed by atoms with Crippen molar-refractivity contribution in [1.82, 2.24) is 10.6 Å². The third-order valence-electron chi connectivity index (χ3n) is 5.16. The number of benzene rings is 2. The van der Waals surface area contributed by atoms with Gasteiger partial charge in [0.1, 0.15) is 0 Å². The van der Waals surface area contributed by atoms with Gasteiger partial charge in [-0.25, -0.2) is 8.42 Å². The van der Waals surface area contributed by atoms with Crippen LogP contribution in [0.3, 0.4) is 0 Å². The maximum absolute atomic E-state index is 12.3. The van der Waals surface area contributed by atoms with E-state index in [9.17, 15) is 13.2 Å². The van der Waals surface area contributed by atoms with E-state index in [2.05, 4.69) is 15.6 Å². The van der Waals surface area contributed by atoms with Gasteiger partial charge in [0, 0.05) is 38.8 Å². The van der Waals surface area contributed by atoms with Gasteiger partial charge in [-0.2, -0.15) is 0 Å². The Morgan fingerprint density at radius 1 is 1.03 bits per heavy atom. The van der Waals surface area contributed by atoms with Gasteiger partial charge in [0.2, 0.25) is 5.91 Å². The van der Waals surface area contributed by atoms with E-state index in [0.29, 0.717) is 31.9 Å². The highest BCUT2D eigenvalue weighted by Gasteiger charge is 2.21. The molecule has 2 aromatic rings. The zero-order chi connectivity index (χ0) is 22.1. The number of carbonyl (C=O) groups is 1. The van der Waals surface area contributed by atoms with E-state index >= 15 is 0 Å². The van der Waals surface area contributed by atoms with E-state index in [1.165, 1.54) is 0 Å². The third kappa shape index (κ3) is 8.09. The maximum atomic E-state index is 12.3. The van der Waals surface area contributed by atoms with Crippen molar-refractivity contribution in [2.45, 2.75) is 31.6 Å². The number of sulfone groups is 1. The molecule has 0 spiro atoms. The molecular weight excluding hydrogens is 539 g/mol. The molecule has 3 rings (SSSR count). The molecule has 0 aliphatic carbocycles. The summed E-state index contributed by atoms with van der Waals surface area (Å²) in [5.74, 6) is 1.00. The van der Waals surface area contributed by atoms with Crippen molar-refractivity contribution in [3.8, 4) is 0 Å². The second kappa shape index (κ2) is 12.8. The van der Waals surface area contributed by atoms with Crippen molar-refractivity contribution >= 4 is 51.4 Å². The highest BCUT2D eigenvalue weighted by molar-refractivity contribution is 14.0. The smallest absolute Gasteiger partial charge is 0.227 e. The zero-order valence-electron chi connectivity index (χ0n) is 18.3. The average Bonchev–Trinajstić information content (AvgIpc) is 3.20. The SMILES string of the molecule is CN=C(NCCCS(=O)(=O)Cc1ccccc1)NCc1ccc(N2CCCC2=O)cc1.I. The zero-order valence-corrected chi connectivity index (χ0v) is 21.4. The van der Waals surface area contributed by atoms with Gasteiger partial charge in [0.25, 0.3) is 0 Å². The summed E-state index contributed by atoms with van der Waals surface area (Å²) in [6.07, 6.45) is 2.05. The Hall–Kier alpha value is -2.14. The van der Waals surface area contributed by atoms with Crippen LogP contribution in [0.5, 0.6) is 0 Å². The first-order valence-electron chi connectivity index (χ1n) is 10.5. The first kappa shape index (κ1) is 26.1. The van der Waals surface area contributed by atoms with Crippen molar-refractivity contribution in [3.05, 3.63) is 65.7 Å². The first-order chi connectivity index (χ1) is 15.0. The highest BCUT2D eigenvalue weighted by Crippen LogP contribution is 2.21. The minimum Gasteiger partial charge on any atom is -0.356 e. The second-order valence-electron chi connectivity index (χ2n) is 7.60. The summed E-state index contributed by atoms with van der Waals surface area (Å²) in [7, 11) is -1.45. The summed E-state index contributed by atoms with van der Waals surface area (Å²) >= 11 is 0. The fourth-order valence-electron chi connectivity index (χ4n) is 3.52. The maximum Gasteiger partial charge on any atom is 0.227 e. The number of nitrogens with zero attached hydrogens (tertiary/aromatic N) is 2. The third-order valence-corrected chi connectivity index (χ3v) is 6.84. The van der Waals surface area contributed by atoms with E-state index in [1.54, 1.807) is 7.05 Å². The number of hydrogen-bond acceptors (Lipinski definition) is 4. The van der Waals surface area contributed by atoms with Crippen LogP contribution in [0, 0.1) is 0 Å². The van der Waals surface area contributed by atoms with Gasteiger partial charge in [0.15, 0.2) is 15.8 Å². The molecule has 0 bridgehead atoms. The summed E-state index contributed by atoms with van der Waals surface area (Å²) in [6, 6.07) is 17.2. The Labute approximate surface area is 207 Å². The number of guanidine groups is 1. The molecule has 1 aliphatic heterocycles. The normalized spacial score (nSPS) is 14.2. The molecular formula is C23H31IN4O3S. The van der Waals surface area contributed by atoms with Crippen LogP contribution in [0.25, 0.3) is 0 Å². The lowest BCUT2D eigenvalue weighted by Gasteiger charge is -2.16. The fraction of sp³-hybridized carbons (Fsp3) is 0.391. The molecule has 0 saturated carbocycles. The van der Waals surface area contributed by atoms with Crippen LogP contribution in [0.4, 0.5) is 5.69 Å². The monoisotopic (exact) mass is 570 g/mol. The Kier molecular flexibility index (Phi) is 10.4. The van der Waals surface area contributed by atoms with E-state index in [1.807, 2.05) is 59.5 Å². The number of rotatable bonds is 9. The van der Waals surface area contributed by atoms with Crippen molar-refractivity contribution < 1.29 is 13.2 Å². The number of carbonyl (C=O) groups excluding carboxylic acids is 1. The van der Waals surface area contributed by atoms with Crippen molar-refractivity contribution in [2.75, 3.05) is 30.8 Å². The summed E-state index contributed by atoms with van der Waals surface area (Å²) in [6.45, 7) is 1.89. The van der Waals surface area contributed by atoms with E-state index in [0.717, 1.165) is 29.8 Å². The first-order valence-corrected chi connectivity index (χ1v) is 12.4. The molecule has 1 heterocycles. The van der Waals surface area contributed by atoms with Crippen LogP contribution in [0.1, 0.15) is 30.4 Å². The van der Waals surface area contributed by atoms with Gasteiger partial charge in [-0.05, 0) is 36.1 Å². The van der Waals surface area contributed by atoms with Crippen LogP contribution in [0.15, 0.2) is 59.6 Å². The van der Waals surface area contributed by atoms with Crippen LogP contribution >= 0.6 is 24.0 Å². The van der Waals surface area contributed by atoms with Gasteiger partial charge >= 0.3 is 0 Å². The molecule has 2 aromatic carbocycles. The van der Waals surface area contributed by atoms with Crippen LogP contribution in [-0.2, 0) is 26.9 Å². The summed E-state index contributed by atoms with van der Waals surface area (Å²) < 4.78 is 24.5. The number of amides is 1. The lowest BCUT2D eigenvalue weighted by Crippen LogP contribution is -2.37. The van der Waals surface area contributed by atoms with Crippen LogP contribution < -0.4 is 15.5 Å². The van der Waals surface area contributed by atoms with Gasteiger partial charge in [-0.3, -0.25) is 9.79 Å². The Balaban J connectivity index is 0.00000363. The summed E-state index contributed by atoms with van der Waals surface area (Å²) in [5, 5.41) is 6.39. The predicted molar refractivity (Wildman–Crippen MR) is 140 cm³/mol. The van der Waals surface area contributed by atoms with E-state index in [-0.39, 0.29) is 41.4 Å². The molecule has 0 aromatic heterocycles. The number of nitrogens with one attached hydrogen (secondary N) is 2. The minimum atomic E-state index is -3.14. The highest BCUT2D eigenvalue weighted by atomic mass is 127. The van der Waals surface area contributed by atoms with Crippen molar-refractivity contribution in [3.63, 3.8) is 0 Å². The molecule has 0 radical (unpaired) electrons. The molecule has 0 unspecified atom stereocenters. The Morgan fingerprint density at radius 2 is 1.75 bits per heavy atom. The van der Waals surface area contributed by atoms with Crippen molar-refractivity contribution in [1.29, 1.82) is 0 Å². The molecule has 2 N–H and O–H groups in total. The number of hydrogen-bond donors (Lipinski definition) is 2. The molecule has 1 aliphatic rings. The minimum absolute atomic E-state index is 0. The summed E-state index contributed by atoms with van der Waals surface area (Å²) in [5.41, 5.74) is 2.82. The predicted octanol–water partition coefficient (Wildman–Crippen LogP) is 3.10. The lowest BCUT2D eigenvalue weighted by molar-refractivity contribution is -0.117. The lowest BCUT2D eigenvalue weighted by atomic mass is 10.2. The number of anilines is 1. The van der Waals surface area contributed by atoms with Gasteiger partial charge < -0.3 is 15.5 Å². The molecule has 1 amide bonds. The Bertz CT molecular complexity index is 996.